The zero-order valence-corrected chi connectivity index (χ0v) is 13.3. The van der Waals surface area contributed by atoms with Crippen LogP contribution < -0.4 is 10.1 Å². The molecule has 4 heteroatoms. The Kier molecular flexibility index (Phi) is 3.25. The second kappa shape index (κ2) is 5.58. The number of rotatable bonds is 1. The van der Waals surface area contributed by atoms with Gasteiger partial charge >= 0.3 is 0 Å². The molecule has 5 rings (SSSR count). The molecule has 24 heavy (non-hydrogen) atoms. The van der Waals surface area contributed by atoms with Crippen LogP contribution in [-0.2, 0) is 4.74 Å². The lowest BCUT2D eigenvalue weighted by molar-refractivity contribution is -0.790. The molecule has 120 valence electrons. The number of quaternary nitrogens is 1. The van der Waals surface area contributed by atoms with E-state index >= 15 is 0 Å². The van der Waals surface area contributed by atoms with Crippen LogP contribution in [0.5, 0.6) is 5.75 Å². The molecule has 4 nitrogen and oxygen atoms in total. The van der Waals surface area contributed by atoms with Gasteiger partial charge in [0.15, 0.2) is 0 Å². The normalized spacial score (nSPS) is 25.6. The van der Waals surface area contributed by atoms with Gasteiger partial charge in [-0.2, -0.15) is 0 Å². The summed E-state index contributed by atoms with van der Waals surface area (Å²) in [5, 5.41) is 4.88. The molecule has 0 radical (unpaired) electrons. The number of aromatic nitrogens is 1. The van der Waals surface area contributed by atoms with Gasteiger partial charge in [0, 0.05) is 12.4 Å². The Morgan fingerprint density at radius 2 is 1.96 bits per heavy atom. The fourth-order valence-electron chi connectivity index (χ4n) is 3.91. The molecule has 1 aromatic heterocycles. The van der Waals surface area contributed by atoms with Crippen LogP contribution in [0.25, 0.3) is 10.8 Å². The summed E-state index contributed by atoms with van der Waals surface area (Å²) >= 11 is 0. The van der Waals surface area contributed by atoms with Crippen molar-refractivity contribution in [1.82, 2.24) is 4.98 Å². The zero-order chi connectivity index (χ0) is 15.9. The number of ether oxygens (including phenoxy) is 2. The van der Waals surface area contributed by atoms with Gasteiger partial charge in [-0.05, 0) is 29.0 Å². The van der Waals surface area contributed by atoms with Crippen LogP contribution in [-0.4, -0.2) is 18.2 Å². The molecule has 0 unspecified atom stereocenters. The first-order valence-electron chi connectivity index (χ1n) is 8.41. The van der Waals surface area contributed by atoms with E-state index in [0.717, 1.165) is 11.3 Å². The number of fused-ring (bicyclic) bond motifs is 5. The Bertz CT molecular complexity index is 881. The molecular weight excluding hydrogens is 300 g/mol. The van der Waals surface area contributed by atoms with Crippen LogP contribution in [0.1, 0.15) is 23.4 Å². The van der Waals surface area contributed by atoms with E-state index in [0.29, 0.717) is 25.2 Å². The summed E-state index contributed by atoms with van der Waals surface area (Å²) in [5.74, 6) is 1.38. The second-order valence-corrected chi connectivity index (χ2v) is 6.53. The Morgan fingerprint density at radius 3 is 2.88 bits per heavy atom. The van der Waals surface area contributed by atoms with E-state index in [2.05, 4.69) is 52.8 Å². The highest BCUT2D eigenvalue weighted by Gasteiger charge is 2.41. The number of nitrogens with two attached hydrogens (primary N) is 1. The van der Waals surface area contributed by atoms with E-state index in [-0.39, 0.29) is 6.23 Å². The van der Waals surface area contributed by atoms with Crippen LogP contribution in [0.2, 0.25) is 0 Å². The predicted molar refractivity (Wildman–Crippen MR) is 90.5 cm³/mol. The van der Waals surface area contributed by atoms with Crippen LogP contribution in [0.3, 0.4) is 0 Å². The SMILES string of the molecule is c1cncc([C@@H]2[NH2+][C@@H]3c4c(ccc5ccccc45)OC[C@H]3CO2)c1. The fourth-order valence-corrected chi connectivity index (χ4v) is 3.91. The van der Waals surface area contributed by atoms with Gasteiger partial charge in [0.1, 0.15) is 11.8 Å². The topological polar surface area (TPSA) is 48.0 Å². The van der Waals surface area contributed by atoms with Crippen molar-refractivity contribution in [1.29, 1.82) is 0 Å². The van der Waals surface area contributed by atoms with E-state index in [1.165, 1.54) is 16.3 Å². The van der Waals surface area contributed by atoms with E-state index < -0.39 is 0 Å². The third-order valence-corrected chi connectivity index (χ3v) is 5.11. The molecule has 3 aromatic rings. The minimum absolute atomic E-state index is 0.00938. The molecule has 1 fully saturated rings. The largest absolute Gasteiger partial charge is 0.492 e. The minimum atomic E-state index is -0.00938. The molecule has 2 aromatic carbocycles. The molecular formula is C20H19N2O2+. The summed E-state index contributed by atoms with van der Waals surface area (Å²) in [6.07, 6.45) is 3.68. The highest BCUT2D eigenvalue weighted by Crippen LogP contribution is 2.40. The first-order chi connectivity index (χ1) is 11.9. The molecule has 0 aliphatic carbocycles. The van der Waals surface area contributed by atoms with Crippen molar-refractivity contribution in [2.75, 3.05) is 13.2 Å². The average Bonchev–Trinajstić information content (AvgIpc) is 2.67. The Hall–Kier alpha value is -2.43. The van der Waals surface area contributed by atoms with E-state index in [4.69, 9.17) is 9.47 Å². The van der Waals surface area contributed by atoms with Gasteiger partial charge in [-0.15, -0.1) is 0 Å². The summed E-state index contributed by atoms with van der Waals surface area (Å²) in [6.45, 7) is 1.43. The van der Waals surface area contributed by atoms with Gasteiger partial charge in [-0.1, -0.05) is 30.3 Å². The van der Waals surface area contributed by atoms with Gasteiger partial charge in [0.25, 0.3) is 0 Å². The highest BCUT2D eigenvalue weighted by molar-refractivity contribution is 5.88. The first kappa shape index (κ1) is 14.0. The average molecular weight is 319 g/mol. The second-order valence-electron chi connectivity index (χ2n) is 6.53. The van der Waals surface area contributed by atoms with Gasteiger partial charge in [-0.25, -0.2) is 0 Å². The maximum atomic E-state index is 6.09. The summed E-state index contributed by atoms with van der Waals surface area (Å²) in [7, 11) is 0. The van der Waals surface area contributed by atoms with Crippen LogP contribution >= 0.6 is 0 Å². The Balaban J connectivity index is 1.59. The monoisotopic (exact) mass is 319 g/mol. The van der Waals surface area contributed by atoms with Gasteiger partial charge in [0.05, 0.1) is 30.3 Å². The van der Waals surface area contributed by atoms with Gasteiger partial charge in [-0.3, -0.25) is 4.98 Å². The molecule has 0 amide bonds. The summed E-state index contributed by atoms with van der Waals surface area (Å²) < 4.78 is 12.1. The predicted octanol–water partition coefficient (Wildman–Crippen LogP) is 2.58. The van der Waals surface area contributed by atoms with E-state index in [1.807, 2.05) is 12.3 Å². The quantitative estimate of drug-likeness (QED) is 0.750. The third-order valence-electron chi connectivity index (χ3n) is 5.11. The molecule has 0 spiro atoms. The lowest BCUT2D eigenvalue weighted by Crippen LogP contribution is -2.90. The van der Waals surface area contributed by atoms with Crippen molar-refractivity contribution in [3.8, 4) is 5.75 Å². The molecule has 3 heterocycles. The molecule has 0 bridgehead atoms. The fraction of sp³-hybridized carbons (Fsp3) is 0.250. The maximum absolute atomic E-state index is 6.09. The summed E-state index contributed by atoms with van der Waals surface area (Å²) in [6, 6.07) is 17.2. The number of hydrogen-bond donors (Lipinski definition) is 1. The van der Waals surface area contributed by atoms with Crippen molar-refractivity contribution in [3.63, 3.8) is 0 Å². The molecule has 2 aliphatic rings. The van der Waals surface area contributed by atoms with Crippen molar-refractivity contribution >= 4 is 10.8 Å². The number of nitrogens with zero attached hydrogens (tertiary/aromatic N) is 1. The smallest absolute Gasteiger partial charge is 0.218 e. The van der Waals surface area contributed by atoms with Crippen molar-refractivity contribution in [3.05, 3.63) is 72.1 Å². The number of pyridine rings is 1. The van der Waals surface area contributed by atoms with Crippen molar-refractivity contribution in [2.24, 2.45) is 5.92 Å². The molecule has 2 N–H and O–H groups in total. The van der Waals surface area contributed by atoms with Crippen LogP contribution in [0, 0.1) is 5.92 Å². The first-order valence-corrected chi connectivity index (χ1v) is 8.41. The van der Waals surface area contributed by atoms with Gasteiger partial charge < -0.3 is 14.8 Å². The molecule has 2 aliphatic heterocycles. The van der Waals surface area contributed by atoms with E-state index in [9.17, 15) is 0 Å². The highest BCUT2D eigenvalue weighted by atomic mass is 16.5. The molecule has 0 saturated carbocycles. The molecule has 3 atom stereocenters. The van der Waals surface area contributed by atoms with E-state index in [1.54, 1.807) is 6.20 Å². The Labute approximate surface area is 140 Å². The minimum Gasteiger partial charge on any atom is -0.492 e. The molecule has 1 saturated heterocycles. The van der Waals surface area contributed by atoms with Crippen LogP contribution in [0.15, 0.2) is 60.9 Å². The van der Waals surface area contributed by atoms with Crippen LogP contribution in [0.4, 0.5) is 0 Å². The standard InChI is InChI=1S/C20H18N2O2/c1-2-6-16-13(4-1)7-8-17-18(16)19-15(11-23-17)12-24-20(22-19)14-5-3-9-21-10-14/h1-10,15,19-20,22H,11-12H2/p+1/t15-,19-,20+/m0/s1. The third kappa shape index (κ3) is 2.19. The lowest BCUT2D eigenvalue weighted by Gasteiger charge is -2.38. The van der Waals surface area contributed by atoms with Crippen molar-refractivity contribution < 1.29 is 14.8 Å². The Morgan fingerprint density at radius 1 is 1.00 bits per heavy atom. The zero-order valence-electron chi connectivity index (χ0n) is 13.3. The van der Waals surface area contributed by atoms with Crippen molar-refractivity contribution in [2.45, 2.75) is 12.3 Å². The lowest BCUT2D eigenvalue weighted by atomic mass is 9.86. The number of benzene rings is 2. The number of hydrogen-bond acceptors (Lipinski definition) is 3. The van der Waals surface area contributed by atoms with Gasteiger partial charge in [0.2, 0.25) is 6.23 Å². The summed E-state index contributed by atoms with van der Waals surface area (Å²) in [5.41, 5.74) is 2.42. The summed E-state index contributed by atoms with van der Waals surface area (Å²) in [4.78, 5) is 4.23. The maximum Gasteiger partial charge on any atom is 0.218 e.